The average Bonchev–Trinajstić information content (AvgIpc) is 2.60. The molecular weight excluding hydrogens is 242 g/mol. The summed E-state index contributed by atoms with van der Waals surface area (Å²) in [5.41, 5.74) is 4.14. The molecule has 0 aromatic heterocycles. The lowest BCUT2D eigenvalue weighted by atomic mass is 9.48. The highest BCUT2D eigenvalue weighted by molar-refractivity contribution is 5.42. The molecule has 3 rings (SSSR count). The van der Waals surface area contributed by atoms with Gasteiger partial charge in [0.25, 0.3) is 0 Å². The summed E-state index contributed by atoms with van der Waals surface area (Å²) < 4.78 is 0. The lowest BCUT2D eigenvalue weighted by molar-refractivity contribution is 0.0397. The van der Waals surface area contributed by atoms with Gasteiger partial charge >= 0.3 is 0 Å². The highest BCUT2D eigenvalue weighted by atomic mass is 14.6. The molecule has 1 nitrogen and oxygen atoms in total. The van der Waals surface area contributed by atoms with E-state index in [1.165, 1.54) is 55.2 Å². The van der Waals surface area contributed by atoms with Crippen LogP contribution in [0.15, 0.2) is 18.2 Å². The van der Waals surface area contributed by atoms with E-state index in [1.807, 2.05) is 0 Å². The van der Waals surface area contributed by atoms with E-state index in [0.29, 0.717) is 5.41 Å². The lowest BCUT2D eigenvalue weighted by Gasteiger charge is -2.53. The number of benzene rings is 1. The zero-order chi connectivity index (χ0) is 14.2. The summed E-state index contributed by atoms with van der Waals surface area (Å²) in [5.74, 6) is 0. The standard InChI is InChI=1S/C19H25N/c1-15-9-16(2)11-17(10-15)19(14-20)12-18(13-19)7-5-3-4-6-8-18/h9-11H,3-8,12-13H2,1-2H3. The molecule has 1 heteroatoms. The van der Waals surface area contributed by atoms with E-state index >= 15 is 0 Å². The molecule has 2 aliphatic rings. The fraction of sp³-hybridized carbons (Fsp3) is 0.632. The predicted octanol–water partition coefficient (Wildman–Crippen LogP) is 5.20. The second kappa shape index (κ2) is 4.92. The van der Waals surface area contributed by atoms with Crippen LogP contribution in [0.3, 0.4) is 0 Å². The Hall–Kier alpha value is -1.29. The first-order chi connectivity index (χ1) is 9.57. The van der Waals surface area contributed by atoms with Crippen LogP contribution in [0.25, 0.3) is 0 Å². The van der Waals surface area contributed by atoms with E-state index in [-0.39, 0.29) is 5.41 Å². The van der Waals surface area contributed by atoms with Gasteiger partial charge in [0.15, 0.2) is 0 Å². The Kier molecular flexibility index (Phi) is 3.36. The van der Waals surface area contributed by atoms with Gasteiger partial charge in [0, 0.05) is 0 Å². The van der Waals surface area contributed by atoms with Gasteiger partial charge in [-0.3, -0.25) is 0 Å². The molecule has 106 valence electrons. The smallest absolute Gasteiger partial charge is 0.0833 e. The SMILES string of the molecule is Cc1cc(C)cc(C2(C#N)CC3(CCCCCC3)C2)c1. The minimum absolute atomic E-state index is 0.193. The van der Waals surface area contributed by atoms with E-state index in [4.69, 9.17) is 0 Å². The summed E-state index contributed by atoms with van der Waals surface area (Å²) in [7, 11) is 0. The highest BCUT2D eigenvalue weighted by Crippen LogP contribution is 2.61. The Balaban J connectivity index is 1.86. The Morgan fingerprint density at radius 1 is 0.900 bits per heavy atom. The molecular formula is C19H25N. The molecule has 0 radical (unpaired) electrons. The molecule has 1 aromatic rings. The van der Waals surface area contributed by atoms with Gasteiger partial charge in [-0.25, -0.2) is 0 Å². The minimum atomic E-state index is -0.193. The zero-order valence-electron chi connectivity index (χ0n) is 12.8. The molecule has 0 atom stereocenters. The van der Waals surface area contributed by atoms with Gasteiger partial charge < -0.3 is 0 Å². The molecule has 1 spiro atoms. The van der Waals surface area contributed by atoms with Gasteiger partial charge in [0.2, 0.25) is 0 Å². The van der Waals surface area contributed by atoms with Gasteiger partial charge in [-0.15, -0.1) is 0 Å². The average molecular weight is 267 g/mol. The van der Waals surface area contributed by atoms with Crippen molar-refractivity contribution >= 4 is 0 Å². The third kappa shape index (κ3) is 2.26. The van der Waals surface area contributed by atoms with E-state index in [0.717, 1.165) is 12.8 Å². The number of nitriles is 1. The number of aryl methyl sites for hydroxylation is 2. The maximum atomic E-state index is 9.81. The summed E-state index contributed by atoms with van der Waals surface area (Å²) in [4.78, 5) is 0. The number of nitrogens with zero attached hydrogens (tertiary/aromatic N) is 1. The molecule has 0 N–H and O–H groups in total. The molecule has 2 fully saturated rings. The quantitative estimate of drug-likeness (QED) is 0.686. The molecule has 0 saturated heterocycles. The van der Waals surface area contributed by atoms with Crippen molar-refractivity contribution in [3.8, 4) is 6.07 Å². The van der Waals surface area contributed by atoms with Crippen LogP contribution >= 0.6 is 0 Å². The van der Waals surface area contributed by atoms with Crippen LogP contribution in [0.2, 0.25) is 0 Å². The van der Waals surface area contributed by atoms with Crippen molar-refractivity contribution in [2.45, 2.75) is 70.6 Å². The molecule has 0 heterocycles. The van der Waals surface area contributed by atoms with Crippen molar-refractivity contribution in [3.63, 3.8) is 0 Å². The molecule has 20 heavy (non-hydrogen) atoms. The Bertz CT molecular complexity index is 513. The van der Waals surface area contributed by atoms with Gasteiger partial charge in [-0.2, -0.15) is 5.26 Å². The summed E-state index contributed by atoms with van der Waals surface area (Å²) >= 11 is 0. The molecule has 2 aliphatic carbocycles. The summed E-state index contributed by atoms with van der Waals surface area (Å²) in [6, 6.07) is 9.35. The second-order valence-electron chi connectivity index (χ2n) is 7.34. The third-order valence-corrected chi connectivity index (χ3v) is 5.51. The van der Waals surface area contributed by atoms with Crippen LogP contribution in [-0.2, 0) is 5.41 Å². The fourth-order valence-electron chi connectivity index (χ4n) is 4.66. The van der Waals surface area contributed by atoms with Crippen LogP contribution in [-0.4, -0.2) is 0 Å². The molecule has 2 saturated carbocycles. The number of hydrogen-bond donors (Lipinski definition) is 0. The largest absolute Gasteiger partial charge is 0.197 e. The van der Waals surface area contributed by atoms with Crippen LogP contribution in [0.5, 0.6) is 0 Å². The van der Waals surface area contributed by atoms with Crippen molar-refractivity contribution in [3.05, 3.63) is 34.9 Å². The minimum Gasteiger partial charge on any atom is -0.197 e. The topological polar surface area (TPSA) is 23.8 Å². The molecule has 1 aromatic carbocycles. The van der Waals surface area contributed by atoms with Crippen molar-refractivity contribution in [1.29, 1.82) is 5.26 Å². The molecule has 0 aliphatic heterocycles. The van der Waals surface area contributed by atoms with E-state index < -0.39 is 0 Å². The Morgan fingerprint density at radius 3 is 1.95 bits per heavy atom. The molecule has 0 amide bonds. The second-order valence-corrected chi connectivity index (χ2v) is 7.34. The number of rotatable bonds is 1. The van der Waals surface area contributed by atoms with Crippen molar-refractivity contribution in [1.82, 2.24) is 0 Å². The first kappa shape index (κ1) is 13.7. The first-order valence-electron chi connectivity index (χ1n) is 8.08. The lowest BCUT2D eigenvalue weighted by Crippen LogP contribution is -2.48. The Labute approximate surface area is 123 Å². The monoisotopic (exact) mass is 267 g/mol. The first-order valence-corrected chi connectivity index (χ1v) is 8.08. The summed E-state index contributed by atoms with van der Waals surface area (Å²) in [5, 5.41) is 9.81. The van der Waals surface area contributed by atoms with E-state index in [1.54, 1.807) is 0 Å². The van der Waals surface area contributed by atoms with Crippen LogP contribution < -0.4 is 0 Å². The van der Waals surface area contributed by atoms with E-state index in [9.17, 15) is 5.26 Å². The van der Waals surface area contributed by atoms with Crippen LogP contribution in [0.4, 0.5) is 0 Å². The van der Waals surface area contributed by atoms with Gasteiger partial charge in [-0.1, -0.05) is 55.0 Å². The van der Waals surface area contributed by atoms with E-state index in [2.05, 4.69) is 38.1 Å². The summed E-state index contributed by atoms with van der Waals surface area (Å²) in [6.07, 6.45) is 10.4. The van der Waals surface area contributed by atoms with Crippen molar-refractivity contribution in [2.75, 3.05) is 0 Å². The fourth-order valence-corrected chi connectivity index (χ4v) is 4.66. The third-order valence-electron chi connectivity index (χ3n) is 5.51. The maximum absolute atomic E-state index is 9.81. The highest BCUT2D eigenvalue weighted by Gasteiger charge is 2.55. The molecule has 0 unspecified atom stereocenters. The Morgan fingerprint density at radius 2 is 1.45 bits per heavy atom. The maximum Gasteiger partial charge on any atom is 0.0833 e. The van der Waals surface area contributed by atoms with Gasteiger partial charge in [0.1, 0.15) is 0 Å². The van der Waals surface area contributed by atoms with Crippen LogP contribution in [0.1, 0.15) is 68.1 Å². The van der Waals surface area contributed by atoms with Gasteiger partial charge in [-0.05, 0) is 50.5 Å². The number of hydrogen-bond acceptors (Lipinski definition) is 1. The van der Waals surface area contributed by atoms with Gasteiger partial charge in [0.05, 0.1) is 11.5 Å². The summed E-state index contributed by atoms with van der Waals surface area (Å²) in [6.45, 7) is 4.28. The molecule has 0 bridgehead atoms. The van der Waals surface area contributed by atoms with Crippen LogP contribution in [0, 0.1) is 30.6 Å². The predicted molar refractivity (Wildman–Crippen MR) is 82.6 cm³/mol. The normalized spacial score (nSPS) is 23.6. The zero-order valence-corrected chi connectivity index (χ0v) is 12.8. The van der Waals surface area contributed by atoms with Crippen molar-refractivity contribution in [2.24, 2.45) is 5.41 Å². The van der Waals surface area contributed by atoms with Crippen molar-refractivity contribution < 1.29 is 0 Å².